The lowest BCUT2D eigenvalue weighted by Gasteiger charge is -2.42. The van der Waals surface area contributed by atoms with Crippen LogP contribution in [-0.2, 0) is 14.3 Å². The smallest absolute Gasteiger partial charge is 0.307 e. The minimum Gasteiger partial charge on any atom is -0.469 e. The summed E-state index contributed by atoms with van der Waals surface area (Å²) < 4.78 is 10.3. The summed E-state index contributed by atoms with van der Waals surface area (Å²) in [7, 11) is 1.47. The number of likely N-dealkylation sites (tertiary alicyclic amines) is 1. The summed E-state index contributed by atoms with van der Waals surface area (Å²) in [5, 5.41) is 0. The molecule has 2 heterocycles. The number of hydrogen-bond acceptors (Lipinski definition) is 4. The molecule has 4 heteroatoms. The van der Waals surface area contributed by atoms with E-state index >= 15 is 0 Å². The number of nitrogens with zero attached hydrogens (tertiary/aromatic N) is 1. The van der Waals surface area contributed by atoms with Crippen molar-refractivity contribution in [3.8, 4) is 0 Å². The summed E-state index contributed by atoms with van der Waals surface area (Å²) in [6.45, 7) is 2.83. The van der Waals surface area contributed by atoms with E-state index in [0.717, 1.165) is 32.6 Å². The Hall–Kier alpha value is -0.610. The highest BCUT2D eigenvalue weighted by molar-refractivity contribution is 5.69. The number of piperidine rings is 1. The van der Waals surface area contributed by atoms with Crippen molar-refractivity contribution in [1.82, 2.24) is 4.90 Å². The lowest BCUT2D eigenvalue weighted by atomic mass is 9.95. The second-order valence-corrected chi connectivity index (χ2v) is 5.04. The summed E-state index contributed by atoms with van der Waals surface area (Å²) >= 11 is 0. The Bertz CT molecular complexity index is 251. The van der Waals surface area contributed by atoms with Gasteiger partial charge in [-0.1, -0.05) is 6.42 Å². The van der Waals surface area contributed by atoms with Gasteiger partial charge in [0.2, 0.25) is 0 Å². The number of esters is 1. The second-order valence-electron chi connectivity index (χ2n) is 5.04. The highest BCUT2D eigenvalue weighted by Crippen LogP contribution is 2.25. The fraction of sp³-hybridized carbons (Fsp3) is 0.923. The van der Waals surface area contributed by atoms with Gasteiger partial charge < -0.3 is 9.47 Å². The Morgan fingerprint density at radius 2 is 2.24 bits per heavy atom. The topological polar surface area (TPSA) is 38.8 Å². The molecule has 0 aliphatic carbocycles. The normalized spacial score (nSPS) is 31.1. The van der Waals surface area contributed by atoms with Gasteiger partial charge >= 0.3 is 5.97 Å². The largest absolute Gasteiger partial charge is 0.469 e. The van der Waals surface area contributed by atoms with Crippen LogP contribution in [0.15, 0.2) is 0 Å². The number of rotatable bonds is 3. The van der Waals surface area contributed by atoms with Gasteiger partial charge in [-0.15, -0.1) is 0 Å². The molecule has 0 spiro atoms. The average Bonchev–Trinajstić information content (AvgIpc) is 2.40. The lowest BCUT2D eigenvalue weighted by molar-refractivity contribution is -0.143. The molecule has 0 saturated carbocycles. The van der Waals surface area contributed by atoms with Gasteiger partial charge in [0.1, 0.15) is 0 Å². The van der Waals surface area contributed by atoms with E-state index in [-0.39, 0.29) is 5.97 Å². The molecular weight excluding hydrogens is 218 g/mol. The fourth-order valence-electron chi connectivity index (χ4n) is 2.98. The van der Waals surface area contributed by atoms with Crippen molar-refractivity contribution in [2.75, 3.05) is 26.9 Å². The Morgan fingerprint density at radius 3 is 2.94 bits per heavy atom. The molecule has 0 aromatic rings. The molecule has 0 bridgehead atoms. The van der Waals surface area contributed by atoms with E-state index in [9.17, 15) is 4.79 Å². The Labute approximate surface area is 103 Å². The van der Waals surface area contributed by atoms with Gasteiger partial charge in [0.15, 0.2) is 0 Å². The number of ether oxygens (including phenoxy) is 2. The van der Waals surface area contributed by atoms with Crippen LogP contribution in [0.25, 0.3) is 0 Å². The minimum absolute atomic E-state index is 0.0846. The maximum absolute atomic E-state index is 11.4. The van der Waals surface area contributed by atoms with E-state index < -0.39 is 0 Å². The van der Waals surface area contributed by atoms with Crippen LogP contribution in [0, 0.1) is 0 Å². The molecule has 4 nitrogen and oxygen atoms in total. The van der Waals surface area contributed by atoms with Crippen LogP contribution in [0.4, 0.5) is 0 Å². The summed E-state index contributed by atoms with van der Waals surface area (Å²) in [6, 6.07) is 0.876. The monoisotopic (exact) mass is 241 g/mol. The first-order valence-electron chi connectivity index (χ1n) is 6.71. The molecule has 2 aliphatic heterocycles. The zero-order valence-corrected chi connectivity index (χ0v) is 10.7. The van der Waals surface area contributed by atoms with Gasteiger partial charge in [-0.05, 0) is 32.2 Å². The van der Waals surface area contributed by atoms with Crippen molar-refractivity contribution in [2.24, 2.45) is 0 Å². The summed E-state index contributed by atoms with van der Waals surface area (Å²) in [5.74, 6) is -0.0846. The predicted molar refractivity (Wildman–Crippen MR) is 64.8 cm³/mol. The minimum atomic E-state index is -0.0846. The van der Waals surface area contributed by atoms with Crippen molar-refractivity contribution < 1.29 is 14.3 Å². The predicted octanol–water partition coefficient (Wildman–Crippen LogP) is 1.58. The van der Waals surface area contributed by atoms with Crippen LogP contribution in [0.2, 0.25) is 0 Å². The third-order valence-electron chi connectivity index (χ3n) is 3.91. The van der Waals surface area contributed by atoms with E-state index in [2.05, 4.69) is 4.90 Å². The molecule has 0 radical (unpaired) electrons. The van der Waals surface area contributed by atoms with E-state index in [4.69, 9.17) is 9.47 Å². The highest BCUT2D eigenvalue weighted by Gasteiger charge is 2.31. The quantitative estimate of drug-likeness (QED) is 0.703. The molecule has 98 valence electrons. The third kappa shape index (κ3) is 3.42. The average molecular weight is 241 g/mol. The van der Waals surface area contributed by atoms with E-state index in [1.807, 2.05) is 0 Å². The maximum atomic E-state index is 11.4. The number of carbonyl (C=O) groups excluding carboxylic acids is 1. The molecule has 0 aromatic carbocycles. The van der Waals surface area contributed by atoms with Crippen LogP contribution in [0.3, 0.4) is 0 Å². The first kappa shape index (κ1) is 12.8. The molecule has 2 saturated heterocycles. The fourth-order valence-corrected chi connectivity index (χ4v) is 2.98. The van der Waals surface area contributed by atoms with Crippen LogP contribution in [0.5, 0.6) is 0 Å². The van der Waals surface area contributed by atoms with Gasteiger partial charge in [0, 0.05) is 18.7 Å². The molecule has 2 aliphatic rings. The molecule has 0 N–H and O–H groups in total. The van der Waals surface area contributed by atoms with Crippen LogP contribution < -0.4 is 0 Å². The zero-order chi connectivity index (χ0) is 12.1. The van der Waals surface area contributed by atoms with Gasteiger partial charge in [0.05, 0.1) is 20.1 Å². The SMILES string of the molecule is COC(=O)CC1CCCCN1C1CCCOC1. The molecule has 0 aromatic heterocycles. The van der Waals surface area contributed by atoms with E-state index in [1.54, 1.807) is 0 Å². The first-order chi connectivity index (χ1) is 8.31. The zero-order valence-electron chi connectivity index (χ0n) is 10.7. The highest BCUT2D eigenvalue weighted by atomic mass is 16.5. The molecule has 2 fully saturated rings. The summed E-state index contributed by atoms with van der Waals surface area (Å²) in [6.07, 6.45) is 6.47. The van der Waals surface area contributed by atoms with E-state index in [0.29, 0.717) is 18.5 Å². The Kier molecular flexibility index (Phi) is 4.80. The Morgan fingerprint density at radius 1 is 1.35 bits per heavy atom. The molecule has 2 unspecified atom stereocenters. The van der Waals surface area contributed by atoms with Gasteiger partial charge in [0.25, 0.3) is 0 Å². The number of hydrogen-bond donors (Lipinski definition) is 0. The third-order valence-corrected chi connectivity index (χ3v) is 3.91. The summed E-state index contributed by atoms with van der Waals surface area (Å²) in [5.41, 5.74) is 0. The first-order valence-corrected chi connectivity index (χ1v) is 6.71. The summed E-state index contributed by atoms with van der Waals surface area (Å²) in [4.78, 5) is 13.9. The van der Waals surface area contributed by atoms with Crippen molar-refractivity contribution in [3.63, 3.8) is 0 Å². The van der Waals surface area contributed by atoms with E-state index in [1.165, 1.54) is 26.4 Å². The lowest BCUT2D eigenvalue weighted by Crippen LogP contribution is -2.50. The van der Waals surface area contributed by atoms with Crippen molar-refractivity contribution in [3.05, 3.63) is 0 Å². The molecular formula is C13H23NO3. The Balaban J connectivity index is 1.93. The number of carbonyl (C=O) groups is 1. The van der Waals surface area contributed by atoms with Crippen molar-refractivity contribution in [1.29, 1.82) is 0 Å². The van der Waals surface area contributed by atoms with Crippen molar-refractivity contribution >= 4 is 5.97 Å². The van der Waals surface area contributed by atoms with Crippen molar-refractivity contribution in [2.45, 2.75) is 50.6 Å². The number of methoxy groups -OCH3 is 1. The second kappa shape index (κ2) is 6.36. The standard InChI is InChI=1S/C13H23NO3/c1-16-13(15)9-11-5-2-3-7-14(11)12-6-4-8-17-10-12/h11-12H,2-10H2,1H3. The van der Waals surface area contributed by atoms with Gasteiger partial charge in [-0.2, -0.15) is 0 Å². The molecule has 2 atom stereocenters. The molecule has 17 heavy (non-hydrogen) atoms. The van der Waals surface area contributed by atoms with Crippen LogP contribution in [-0.4, -0.2) is 49.8 Å². The van der Waals surface area contributed by atoms with Gasteiger partial charge in [-0.25, -0.2) is 0 Å². The molecule has 2 rings (SSSR count). The maximum Gasteiger partial charge on any atom is 0.307 e. The molecule has 0 amide bonds. The van der Waals surface area contributed by atoms with Gasteiger partial charge in [-0.3, -0.25) is 9.69 Å². The van der Waals surface area contributed by atoms with Crippen LogP contribution >= 0.6 is 0 Å². The van der Waals surface area contributed by atoms with Crippen LogP contribution in [0.1, 0.15) is 38.5 Å².